The van der Waals surface area contributed by atoms with Crippen LogP contribution in [0.15, 0.2) is 29.8 Å². The molecule has 1 aromatic carbocycles. The second-order valence-corrected chi connectivity index (χ2v) is 9.59. The van der Waals surface area contributed by atoms with Gasteiger partial charge in [-0.15, -0.1) is 0 Å². The number of hydrogen-bond donors (Lipinski definition) is 1. The van der Waals surface area contributed by atoms with Gasteiger partial charge in [0.05, 0.1) is 18.8 Å². The van der Waals surface area contributed by atoms with Gasteiger partial charge in [-0.25, -0.2) is 22.4 Å². The van der Waals surface area contributed by atoms with Gasteiger partial charge in [0, 0.05) is 16.9 Å². The van der Waals surface area contributed by atoms with Crippen LogP contribution in [0.2, 0.25) is 5.02 Å². The Hall–Kier alpha value is -1.70. The van der Waals surface area contributed by atoms with Gasteiger partial charge in [-0.1, -0.05) is 23.7 Å². The summed E-state index contributed by atoms with van der Waals surface area (Å²) >= 11 is 6.13. The second-order valence-electron chi connectivity index (χ2n) is 7.23. The molecule has 1 N–H and O–H groups in total. The third kappa shape index (κ3) is 9.70. The molecular formula is C21H24ClFNNaO9S. The van der Waals surface area contributed by atoms with Crippen molar-refractivity contribution in [2.45, 2.75) is 43.8 Å². The first-order chi connectivity index (χ1) is 16.0. The van der Waals surface area contributed by atoms with E-state index >= 15 is 0 Å². The van der Waals surface area contributed by atoms with Crippen molar-refractivity contribution in [2.24, 2.45) is 0 Å². The second kappa shape index (κ2) is 14.8. The zero-order valence-corrected chi connectivity index (χ0v) is 22.8. The Bertz CT molecular complexity index is 1050. The van der Waals surface area contributed by atoms with Crippen LogP contribution >= 0.6 is 11.6 Å². The first-order valence-corrected chi connectivity index (χ1v) is 12.3. The molecule has 1 aliphatic carbocycles. The van der Waals surface area contributed by atoms with E-state index in [4.69, 9.17) is 16.3 Å². The smallest absolute Gasteiger partial charge is 0.550 e. The average Bonchev–Trinajstić information content (AvgIpc) is 2.76. The largest absolute Gasteiger partial charge is 1.00 e. The van der Waals surface area contributed by atoms with Crippen molar-refractivity contribution in [1.29, 1.82) is 0 Å². The summed E-state index contributed by atoms with van der Waals surface area (Å²) < 4.78 is 55.4. The van der Waals surface area contributed by atoms with Gasteiger partial charge in [0.15, 0.2) is 6.73 Å². The summed E-state index contributed by atoms with van der Waals surface area (Å²) in [6.07, 6.45) is 0.258. The molecule has 0 spiro atoms. The minimum atomic E-state index is -4.18. The van der Waals surface area contributed by atoms with Crippen LogP contribution < -0.4 is 39.4 Å². The number of hydrogen-bond acceptors (Lipinski definition) is 9. The summed E-state index contributed by atoms with van der Waals surface area (Å²) in [5.74, 6) is -3.09. The Morgan fingerprint density at radius 2 is 1.91 bits per heavy atom. The van der Waals surface area contributed by atoms with Gasteiger partial charge in [0.2, 0.25) is 10.0 Å². The van der Waals surface area contributed by atoms with Gasteiger partial charge in [-0.05, 0) is 50.3 Å². The number of ether oxygens (including phenoxy) is 3. The molecule has 14 heteroatoms. The summed E-state index contributed by atoms with van der Waals surface area (Å²) in [6.45, 7) is 0.585. The SMILES string of the molecule is CCOC(=O)C1=CC(c2ccc(F)cc2Cl)CCC1S(=O)(=O)NCOC(=O)OCCCC(=O)[O-].[Na+]. The summed E-state index contributed by atoms with van der Waals surface area (Å²) in [6, 6.07) is 3.83. The summed E-state index contributed by atoms with van der Waals surface area (Å²) in [5.41, 5.74) is 0.425. The molecule has 2 rings (SSSR count). The molecule has 0 radical (unpaired) electrons. The Labute approximate surface area is 229 Å². The van der Waals surface area contributed by atoms with Crippen LogP contribution in [0.5, 0.6) is 0 Å². The number of halogens is 2. The zero-order valence-electron chi connectivity index (χ0n) is 19.3. The number of nitrogens with one attached hydrogen (secondary N) is 1. The molecule has 10 nitrogen and oxygen atoms in total. The average molecular weight is 544 g/mol. The van der Waals surface area contributed by atoms with Crippen molar-refractivity contribution in [3.63, 3.8) is 0 Å². The maximum atomic E-state index is 13.4. The monoisotopic (exact) mass is 543 g/mol. The molecule has 0 bridgehead atoms. The molecule has 2 unspecified atom stereocenters. The first kappa shape index (κ1) is 31.3. The van der Waals surface area contributed by atoms with Crippen LogP contribution in [-0.4, -0.2) is 51.7 Å². The number of rotatable bonds is 11. The third-order valence-corrected chi connectivity index (χ3v) is 7.00. The predicted molar refractivity (Wildman–Crippen MR) is 115 cm³/mol. The van der Waals surface area contributed by atoms with E-state index in [0.29, 0.717) is 12.0 Å². The van der Waals surface area contributed by atoms with E-state index in [9.17, 15) is 32.3 Å². The maximum absolute atomic E-state index is 13.4. The third-order valence-electron chi connectivity index (χ3n) is 4.91. The Morgan fingerprint density at radius 1 is 1.20 bits per heavy atom. The van der Waals surface area contributed by atoms with Crippen LogP contribution in [0.1, 0.15) is 44.1 Å². The number of benzene rings is 1. The van der Waals surface area contributed by atoms with Crippen molar-refractivity contribution in [3.05, 3.63) is 46.3 Å². The van der Waals surface area contributed by atoms with E-state index in [1.807, 2.05) is 0 Å². The normalized spacial score (nSPS) is 17.5. The molecule has 0 aromatic heterocycles. The molecule has 0 fully saturated rings. The van der Waals surface area contributed by atoms with E-state index in [2.05, 4.69) is 14.2 Å². The van der Waals surface area contributed by atoms with Gasteiger partial charge in [0.25, 0.3) is 0 Å². The number of aliphatic carboxylic acids is 1. The van der Waals surface area contributed by atoms with Crippen molar-refractivity contribution in [1.82, 2.24) is 4.72 Å². The molecule has 0 aliphatic heterocycles. The Morgan fingerprint density at radius 3 is 2.54 bits per heavy atom. The molecule has 0 saturated heterocycles. The predicted octanol–water partition coefficient (Wildman–Crippen LogP) is -1.22. The number of sulfonamides is 1. The summed E-state index contributed by atoms with van der Waals surface area (Å²) in [5, 5.41) is 9.17. The van der Waals surface area contributed by atoms with Crippen molar-refractivity contribution in [2.75, 3.05) is 19.9 Å². The summed E-state index contributed by atoms with van der Waals surface area (Å²) in [4.78, 5) is 34.3. The molecular weight excluding hydrogens is 520 g/mol. The first-order valence-electron chi connectivity index (χ1n) is 10.4. The Balaban J connectivity index is 0.00000612. The minimum absolute atomic E-state index is 0. The quantitative estimate of drug-likeness (QED) is 0.157. The van der Waals surface area contributed by atoms with Crippen molar-refractivity contribution < 1.29 is 76.1 Å². The minimum Gasteiger partial charge on any atom is -0.550 e. The number of esters is 1. The molecule has 1 aliphatic rings. The Kier molecular flexibility index (Phi) is 13.2. The maximum Gasteiger partial charge on any atom is 1.00 e. The van der Waals surface area contributed by atoms with E-state index in [1.165, 1.54) is 18.2 Å². The molecule has 0 heterocycles. The van der Waals surface area contributed by atoms with Gasteiger partial charge in [-0.3, -0.25) is 0 Å². The molecule has 0 amide bonds. The number of allylic oxidation sites excluding steroid dienone is 1. The van der Waals surface area contributed by atoms with Crippen LogP contribution in [0.25, 0.3) is 0 Å². The van der Waals surface area contributed by atoms with Crippen molar-refractivity contribution >= 4 is 39.7 Å². The molecule has 2 atom stereocenters. The number of carboxylic acid groups (broad SMARTS) is 1. The van der Waals surface area contributed by atoms with Crippen LogP contribution in [-0.2, 0) is 33.8 Å². The van der Waals surface area contributed by atoms with E-state index < -0.39 is 51.8 Å². The fourth-order valence-corrected chi connectivity index (χ4v) is 5.05. The van der Waals surface area contributed by atoms with E-state index in [1.54, 1.807) is 6.92 Å². The van der Waals surface area contributed by atoms with Crippen LogP contribution in [0.4, 0.5) is 9.18 Å². The standard InChI is InChI=1S/C21H25ClFNO9S.Na/c1-2-31-20(27)16-10-13(15-7-6-14(23)11-17(15)22)5-8-18(16)34(29,30)24-12-33-21(28)32-9-3-4-19(25)26;/h6-7,10-11,13,18,24H,2-5,8-9,12H2,1H3,(H,25,26);/q;+1/p-1. The molecule has 188 valence electrons. The number of carboxylic acids is 1. The molecule has 1 aromatic rings. The van der Waals surface area contributed by atoms with Crippen molar-refractivity contribution in [3.8, 4) is 0 Å². The molecule has 0 saturated carbocycles. The zero-order chi connectivity index (χ0) is 25.3. The van der Waals surface area contributed by atoms with E-state index in [0.717, 1.165) is 6.07 Å². The van der Waals surface area contributed by atoms with Crippen LogP contribution in [0, 0.1) is 5.82 Å². The van der Waals surface area contributed by atoms with Crippen LogP contribution in [0.3, 0.4) is 0 Å². The van der Waals surface area contributed by atoms with Gasteiger partial charge in [0.1, 0.15) is 11.1 Å². The van der Waals surface area contributed by atoms with E-state index in [-0.39, 0.29) is 72.6 Å². The van der Waals surface area contributed by atoms with Gasteiger partial charge >= 0.3 is 41.7 Å². The molecule has 35 heavy (non-hydrogen) atoms. The topological polar surface area (TPSA) is 148 Å². The number of carbonyl (C=O) groups is 3. The van der Waals surface area contributed by atoms with Gasteiger partial charge < -0.3 is 24.1 Å². The number of carbonyl (C=O) groups excluding carboxylic acids is 3. The fraction of sp³-hybridized carbons (Fsp3) is 0.476. The fourth-order valence-electron chi connectivity index (χ4n) is 3.36. The van der Waals surface area contributed by atoms with Gasteiger partial charge in [-0.2, -0.15) is 4.72 Å². The summed E-state index contributed by atoms with van der Waals surface area (Å²) in [7, 11) is -4.18.